The summed E-state index contributed by atoms with van der Waals surface area (Å²) in [6, 6.07) is 6.73. The van der Waals surface area contributed by atoms with Crippen molar-refractivity contribution in [1.29, 1.82) is 0 Å². The van der Waals surface area contributed by atoms with Gasteiger partial charge in [-0.15, -0.1) is 0 Å². The fourth-order valence-electron chi connectivity index (χ4n) is 1.74. The van der Waals surface area contributed by atoms with E-state index >= 15 is 0 Å². The Kier molecular flexibility index (Phi) is 4.84. The van der Waals surface area contributed by atoms with Crippen LogP contribution in [-0.2, 0) is 0 Å². The van der Waals surface area contributed by atoms with Crippen molar-refractivity contribution in [1.82, 2.24) is 26.4 Å². The molecule has 0 saturated carbocycles. The molecule has 0 aliphatic carbocycles. The van der Waals surface area contributed by atoms with E-state index in [0.717, 1.165) is 5.57 Å². The lowest BCUT2D eigenvalue weighted by atomic mass is 10.1. The number of fused-ring (bicyclic) bond motifs is 1. The lowest BCUT2D eigenvalue weighted by Gasteiger charge is -2.11. The second-order valence-electron chi connectivity index (χ2n) is 4.67. The molecule has 0 spiro atoms. The first-order valence-electron chi connectivity index (χ1n) is 6.45. The molecule has 0 aliphatic rings. The van der Waals surface area contributed by atoms with Gasteiger partial charge < -0.3 is 5.32 Å². The van der Waals surface area contributed by atoms with Crippen molar-refractivity contribution in [3.05, 3.63) is 52.5 Å². The summed E-state index contributed by atoms with van der Waals surface area (Å²) in [4.78, 5) is 23.8. The highest BCUT2D eigenvalue weighted by Gasteiger charge is 2.13. The number of H-pyrrole nitrogens is 1. The van der Waals surface area contributed by atoms with E-state index in [1.807, 2.05) is 6.92 Å². The number of hydrogen-bond donors (Lipinski definition) is 4. The minimum Gasteiger partial charge on any atom is -0.358 e. The summed E-state index contributed by atoms with van der Waals surface area (Å²) in [6.07, 6.45) is 0. The first kappa shape index (κ1) is 15.6. The summed E-state index contributed by atoms with van der Waals surface area (Å²) >= 11 is 5.00. The zero-order chi connectivity index (χ0) is 16.1. The molecule has 2 rings (SSSR count). The van der Waals surface area contributed by atoms with E-state index in [1.165, 1.54) is 0 Å². The Bertz CT molecular complexity index is 799. The number of nitrogens with zero attached hydrogens (tertiary/aromatic N) is 1. The van der Waals surface area contributed by atoms with Crippen LogP contribution in [0.5, 0.6) is 0 Å². The number of thiocarbonyl (C=S) groups is 1. The molecule has 0 aliphatic heterocycles. The highest BCUT2D eigenvalue weighted by Crippen LogP contribution is 2.11. The van der Waals surface area contributed by atoms with Crippen LogP contribution in [0.3, 0.4) is 0 Å². The van der Waals surface area contributed by atoms with Gasteiger partial charge in [0.05, 0.1) is 5.39 Å². The predicted octanol–water partition coefficient (Wildman–Crippen LogP) is 0.608. The van der Waals surface area contributed by atoms with Crippen LogP contribution in [0.1, 0.15) is 17.4 Å². The van der Waals surface area contributed by atoms with Gasteiger partial charge in [-0.2, -0.15) is 5.10 Å². The Labute approximate surface area is 131 Å². The molecule has 0 unspecified atom stereocenters. The molecular formula is C14H15N5O2S. The van der Waals surface area contributed by atoms with E-state index in [1.54, 1.807) is 24.3 Å². The van der Waals surface area contributed by atoms with Gasteiger partial charge in [-0.05, 0) is 25.2 Å². The van der Waals surface area contributed by atoms with Crippen molar-refractivity contribution in [3.8, 4) is 0 Å². The van der Waals surface area contributed by atoms with Crippen LogP contribution in [0.2, 0.25) is 0 Å². The van der Waals surface area contributed by atoms with E-state index in [2.05, 4.69) is 32.9 Å². The van der Waals surface area contributed by atoms with Crippen LogP contribution in [0.15, 0.2) is 41.2 Å². The number of benzene rings is 1. The Hall–Kier alpha value is -2.74. The SMILES string of the molecule is C=C(C)CNC(=S)NNC(=O)c1n[nH]c(=O)c2ccccc12. The third kappa shape index (κ3) is 3.67. The molecule has 0 atom stereocenters. The number of hydrogen-bond acceptors (Lipinski definition) is 4. The van der Waals surface area contributed by atoms with E-state index in [-0.39, 0.29) is 16.4 Å². The molecule has 1 aromatic heterocycles. The number of rotatable bonds is 3. The van der Waals surface area contributed by atoms with E-state index < -0.39 is 5.91 Å². The predicted molar refractivity (Wildman–Crippen MR) is 88.4 cm³/mol. The lowest BCUT2D eigenvalue weighted by Crippen LogP contribution is -2.47. The molecule has 1 aromatic carbocycles. The second-order valence-corrected chi connectivity index (χ2v) is 5.07. The standard InChI is InChI=1S/C14H15N5O2S/c1-8(2)7-15-14(22)19-18-13(21)11-9-5-3-4-6-10(9)12(20)17-16-11/h3-6H,1,7H2,2H3,(H,17,20)(H,18,21)(H2,15,19,22). The maximum Gasteiger partial charge on any atom is 0.290 e. The number of amides is 1. The Morgan fingerprint density at radius 3 is 2.68 bits per heavy atom. The molecule has 0 bridgehead atoms. The first-order chi connectivity index (χ1) is 10.5. The molecule has 114 valence electrons. The number of nitrogens with one attached hydrogen (secondary N) is 4. The number of hydrazine groups is 1. The van der Waals surface area contributed by atoms with Gasteiger partial charge in [0.1, 0.15) is 0 Å². The summed E-state index contributed by atoms with van der Waals surface area (Å²) in [7, 11) is 0. The van der Waals surface area contributed by atoms with Gasteiger partial charge in [-0.25, -0.2) is 5.10 Å². The van der Waals surface area contributed by atoms with Gasteiger partial charge in [-0.3, -0.25) is 20.4 Å². The molecular weight excluding hydrogens is 302 g/mol. The number of aromatic amines is 1. The Morgan fingerprint density at radius 2 is 2.00 bits per heavy atom. The zero-order valence-electron chi connectivity index (χ0n) is 11.9. The molecule has 0 saturated heterocycles. The van der Waals surface area contributed by atoms with Crippen molar-refractivity contribution in [2.75, 3.05) is 6.54 Å². The van der Waals surface area contributed by atoms with Crippen molar-refractivity contribution in [3.63, 3.8) is 0 Å². The van der Waals surface area contributed by atoms with Crippen molar-refractivity contribution < 1.29 is 4.79 Å². The van der Waals surface area contributed by atoms with Crippen LogP contribution >= 0.6 is 12.2 Å². The number of aromatic nitrogens is 2. The topological polar surface area (TPSA) is 98.9 Å². The summed E-state index contributed by atoms with van der Waals surface area (Å²) < 4.78 is 0. The first-order valence-corrected chi connectivity index (χ1v) is 6.86. The average Bonchev–Trinajstić information content (AvgIpc) is 2.51. The van der Waals surface area contributed by atoms with Gasteiger partial charge in [0.2, 0.25) is 0 Å². The third-order valence-corrected chi connectivity index (χ3v) is 3.00. The monoisotopic (exact) mass is 317 g/mol. The van der Waals surface area contributed by atoms with Crippen LogP contribution < -0.4 is 21.7 Å². The van der Waals surface area contributed by atoms with Gasteiger partial charge in [0.15, 0.2) is 10.8 Å². The normalized spacial score (nSPS) is 10.0. The van der Waals surface area contributed by atoms with Crippen LogP contribution in [-0.4, -0.2) is 27.8 Å². The highest BCUT2D eigenvalue weighted by atomic mass is 32.1. The number of carbonyl (C=O) groups excluding carboxylic acids is 1. The minimum atomic E-state index is -0.507. The Balaban J connectivity index is 2.11. The lowest BCUT2D eigenvalue weighted by molar-refractivity contribution is 0.0939. The van der Waals surface area contributed by atoms with Gasteiger partial charge in [0, 0.05) is 11.9 Å². The summed E-state index contributed by atoms with van der Waals surface area (Å²) in [6.45, 7) is 6.08. The summed E-state index contributed by atoms with van der Waals surface area (Å²) in [5.74, 6) is -0.507. The van der Waals surface area contributed by atoms with E-state index in [0.29, 0.717) is 17.3 Å². The van der Waals surface area contributed by atoms with Crippen LogP contribution in [0, 0.1) is 0 Å². The highest BCUT2D eigenvalue weighted by molar-refractivity contribution is 7.80. The molecule has 4 N–H and O–H groups in total. The average molecular weight is 317 g/mol. The summed E-state index contributed by atoms with van der Waals surface area (Å²) in [5, 5.41) is 10.1. The van der Waals surface area contributed by atoms with Crippen molar-refractivity contribution >= 4 is 34.0 Å². The molecule has 1 heterocycles. The number of carbonyl (C=O) groups is 1. The molecule has 0 radical (unpaired) electrons. The van der Waals surface area contributed by atoms with Gasteiger partial charge >= 0.3 is 0 Å². The Morgan fingerprint density at radius 1 is 1.32 bits per heavy atom. The van der Waals surface area contributed by atoms with Gasteiger partial charge in [0.25, 0.3) is 11.5 Å². The molecule has 7 nitrogen and oxygen atoms in total. The zero-order valence-corrected chi connectivity index (χ0v) is 12.7. The summed E-state index contributed by atoms with van der Waals surface area (Å²) in [5.41, 5.74) is 5.65. The van der Waals surface area contributed by atoms with E-state index in [4.69, 9.17) is 12.2 Å². The molecule has 1 amide bonds. The van der Waals surface area contributed by atoms with E-state index in [9.17, 15) is 9.59 Å². The second kappa shape index (κ2) is 6.81. The molecule has 8 heteroatoms. The van der Waals surface area contributed by atoms with Crippen molar-refractivity contribution in [2.24, 2.45) is 0 Å². The largest absolute Gasteiger partial charge is 0.358 e. The minimum absolute atomic E-state index is 0.102. The smallest absolute Gasteiger partial charge is 0.290 e. The van der Waals surface area contributed by atoms with Gasteiger partial charge in [-0.1, -0.05) is 30.4 Å². The quantitative estimate of drug-likeness (QED) is 0.376. The van der Waals surface area contributed by atoms with Crippen LogP contribution in [0.4, 0.5) is 0 Å². The molecule has 2 aromatic rings. The molecule has 22 heavy (non-hydrogen) atoms. The van der Waals surface area contributed by atoms with Crippen LogP contribution in [0.25, 0.3) is 10.8 Å². The fourth-order valence-corrected chi connectivity index (χ4v) is 1.86. The maximum absolute atomic E-state index is 12.1. The third-order valence-electron chi connectivity index (χ3n) is 2.75. The fraction of sp³-hybridized carbons (Fsp3) is 0.143. The maximum atomic E-state index is 12.1. The van der Waals surface area contributed by atoms with Crippen molar-refractivity contribution in [2.45, 2.75) is 6.92 Å². The molecule has 0 fully saturated rings.